The summed E-state index contributed by atoms with van der Waals surface area (Å²) in [4.78, 5) is 28.8. The average Bonchev–Trinajstić information content (AvgIpc) is 2.89. The molecule has 1 aromatic heterocycles. The predicted molar refractivity (Wildman–Crippen MR) is 65.3 cm³/mol. The summed E-state index contributed by atoms with van der Waals surface area (Å²) in [5.41, 5.74) is -0.0440. The smallest absolute Gasteiger partial charge is 0.328 e. The maximum Gasteiger partial charge on any atom is 0.328 e. The molecule has 0 aliphatic carbocycles. The molecule has 19 heavy (non-hydrogen) atoms. The summed E-state index contributed by atoms with van der Waals surface area (Å²) in [5, 5.41) is -0.0816. The summed E-state index contributed by atoms with van der Waals surface area (Å²) in [7, 11) is 1.26. The first-order valence-corrected chi connectivity index (χ1v) is 6.12. The molecule has 0 spiro atoms. The maximum absolute atomic E-state index is 13.1. The zero-order chi connectivity index (χ0) is 14.0. The second-order valence-corrected chi connectivity index (χ2v) is 4.53. The quantitative estimate of drug-likeness (QED) is 0.613. The van der Waals surface area contributed by atoms with Gasteiger partial charge in [0.2, 0.25) is 0 Å². The van der Waals surface area contributed by atoms with Crippen LogP contribution in [0.1, 0.15) is 23.2 Å². The molecule has 1 amide bonds. The minimum absolute atomic E-state index is 0.0440. The molecule has 5 nitrogen and oxygen atoms in total. The molecule has 0 saturated carbocycles. The van der Waals surface area contributed by atoms with Gasteiger partial charge in [0, 0.05) is 6.54 Å². The summed E-state index contributed by atoms with van der Waals surface area (Å²) in [5.74, 6) is -1.64. The number of aromatic nitrogens is 1. The highest BCUT2D eigenvalue weighted by Crippen LogP contribution is 2.24. The Morgan fingerprint density at radius 3 is 3.00 bits per heavy atom. The van der Waals surface area contributed by atoms with Crippen LogP contribution in [0.2, 0.25) is 5.15 Å². The summed E-state index contributed by atoms with van der Waals surface area (Å²) in [6.45, 7) is 0.408. The first kappa shape index (κ1) is 13.7. The lowest BCUT2D eigenvalue weighted by molar-refractivity contribution is -0.145. The van der Waals surface area contributed by atoms with Crippen molar-refractivity contribution in [3.63, 3.8) is 0 Å². The molecule has 1 saturated heterocycles. The minimum Gasteiger partial charge on any atom is -0.467 e. The fourth-order valence-corrected chi connectivity index (χ4v) is 2.30. The number of hydrogen-bond acceptors (Lipinski definition) is 4. The van der Waals surface area contributed by atoms with Crippen LogP contribution in [0, 0.1) is 5.82 Å². The number of carbonyl (C=O) groups excluding carboxylic acids is 2. The van der Waals surface area contributed by atoms with Crippen molar-refractivity contribution in [3.05, 3.63) is 28.8 Å². The normalized spacial score (nSPS) is 18.5. The van der Waals surface area contributed by atoms with Crippen molar-refractivity contribution in [1.82, 2.24) is 9.88 Å². The third-order valence-electron chi connectivity index (χ3n) is 3.02. The second kappa shape index (κ2) is 5.52. The van der Waals surface area contributed by atoms with Gasteiger partial charge in [-0.15, -0.1) is 0 Å². The van der Waals surface area contributed by atoms with E-state index in [4.69, 9.17) is 11.6 Å². The molecular formula is C12H12ClFN2O3. The molecule has 1 unspecified atom stereocenters. The molecule has 1 aliphatic heterocycles. The van der Waals surface area contributed by atoms with Crippen LogP contribution in [0.4, 0.5) is 4.39 Å². The Balaban J connectivity index is 2.28. The van der Waals surface area contributed by atoms with E-state index < -0.39 is 23.7 Å². The third-order valence-corrected chi connectivity index (χ3v) is 3.32. The van der Waals surface area contributed by atoms with Crippen LogP contribution in [-0.2, 0) is 9.53 Å². The third kappa shape index (κ3) is 2.68. The Labute approximate surface area is 114 Å². The SMILES string of the molecule is COC(=O)C1CCCN1C(=O)c1cc(F)cnc1Cl. The first-order chi connectivity index (χ1) is 9.04. The first-order valence-electron chi connectivity index (χ1n) is 5.74. The number of carbonyl (C=O) groups is 2. The summed E-state index contributed by atoms with van der Waals surface area (Å²) >= 11 is 5.79. The number of ether oxygens (including phenoxy) is 1. The predicted octanol–water partition coefficient (Wildman–Crippen LogP) is 1.65. The summed E-state index contributed by atoms with van der Waals surface area (Å²) < 4.78 is 17.8. The molecule has 2 rings (SSSR count). The Hall–Kier alpha value is -1.69. The highest BCUT2D eigenvalue weighted by atomic mass is 35.5. The number of esters is 1. The van der Waals surface area contributed by atoms with Crippen LogP contribution in [0.15, 0.2) is 12.3 Å². The van der Waals surface area contributed by atoms with Gasteiger partial charge in [-0.2, -0.15) is 0 Å². The van der Waals surface area contributed by atoms with Crippen LogP contribution < -0.4 is 0 Å². The second-order valence-electron chi connectivity index (χ2n) is 4.17. The van der Waals surface area contributed by atoms with Gasteiger partial charge in [0.25, 0.3) is 5.91 Å². The highest BCUT2D eigenvalue weighted by molar-refractivity contribution is 6.32. The monoisotopic (exact) mass is 286 g/mol. The average molecular weight is 287 g/mol. The standard InChI is InChI=1S/C12H12ClFN2O3/c1-19-12(18)9-3-2-4-16(9)11(17)8-5-7(14)6-15-10(8)13/h5-6,9H,2-4H2,1H3. The van der Waals surface area contributed by atoms with Gasteiger partial charge < -0.3 is 9.64 Å². The van der Waals surface area contributed by atoms with Crippen molar-refractivity contribution < 1.29 is 18.7 Å². The van der Waals surface area contributed by atoms with Gasteiger partial charge in [0.1, 0.15) is 17.0 Å². The molecule has 0 N–H and O–H groups in total. The zero-order valence-electron chi connectivity index (χ0n) is 10.2. The number of hydrogen-bond donors (Lipinski definition) is 0. The molecular weight excluding hydrogens is 275 g/mol. The number of amides is 1. The van der Waals surface area contributed by atoms with E-state index in [1.54, 1.807) is 0 Å². The summed E-state index contributed by atoms with van der Waals surface area (Å²) in [6.07, 6.45) is 2.14. The number of methoxy groups -OCH3 is 1. The molecule has 7 heteroatoms. The van der Waals surface area contributed by atoms with Gasteiger partial charge in [-0.1, -0.05) is 11.6 Å². The molecule has 1 atom stereocenters. The van der Waals surface area contributed by atoms with E-state index in [-0.39, 0.29) is 10.7 Å². The Morgan fingerprint density at radius 2 is 2.32 bits per heavy atom. The Bertz CT molecular complexity index is 524. The molecule has 1 aromatic rings. The van der Waals surface area contributed by atoms with Crippen molar-refractivity contribution in [1.29, 1.82) is 0 Å². The van der Waals surface area contributed by atoms with Gasteiger partial charge in [-0.3, -0.25) is 4.79 Å². The fraction of sp³-hybridized carbons (Fsp3) is 0.417. The van der Waals surface area contributed by atoms with Crippen LogP contribution in [0.3, 0.4) is 0 Å². The molecule has 1 fully saturated rings. The van der Waals surface area contributed by atoms with Gasteiger partial charge in [-0.05, 0) is 18.9 Å². The highest BCUT2D eigenvalue weighted by Gasteiger charge is 2.36. The van der Waals surface area contributed by atoms with Crippen molar-refractivity contribution in [2.24, 2.45) is 0 Å². The Morgan fingerprint density at radius 1 is 1.58 bits per heavy atom. The van der Waals surface area contributed by atoms with E-state index in [9.17, 15) is 14.0 Å². The number of pyridine rings is 1. The van der Waals surface area contributed by atoms with E-state index in [0.29, 0.717) is 19.4 Å². The van der Waals surface area contributed by atoms with E-state index in [1.807, 2.05) is 0 Å². The topological polar surface area (TPSA) is 59.5 Å². The molecule has 0 radical (unpaired) electrons. The lowest BCUT2D eigenvalue weighted by Crippen LogP contribution is -2.41. The number of nitrogens with zero attached hydrogens (tertiary/aromatic N) is 2. The van der Waals surface area contributed by atoms with Crippen molar-refractivity contribution in [2.75, 3.05) is 13.7 Å². The van der Waals surface area contributed by atoms with Crippen LogP contribution >= 0.6 is 11.6 Å². The van der Waals surface area contributed by atoms with Crippen LogP contribution in [0.5, 0.6) is 0 Å². The van der Waals surface area contributed by atoms with Gasteiger partial charge >= 0.3 is 5.97 Å². The van der Waals surface area contributed by atoms with E-state index in [0.717, 1.165) is 12.3 Å². The van der Waals surface area contributed by atoms with Crippen molar-refractivity contribution in [2.45, 2.75) is 18.9 Å². The number of likely N-dealkylation sites (tertiary alicyclic amines) is 1. The van der Waals surface area contributed by atoms with Gasteiger partial charge in [0.05, 0.1) is 18.9 Å². The zero-order valence-corrected chi connectivity index (χ0v) is 11.0. The van der Waals surface area contributed by atoms with E-state index in [2.05, 4.69) is 9.72 Å². The lowest BCUT2D eigenvalue weighted by Gasteiger charge is -2.22. The largest absolute Gasteiger partial charge is 0.467 e. The molecule has 0 aromatic carbocycles. The maximum atomic E-state index is 13.1. The molecule has 1 aliphatic rings. The van der Waals surface area contributed by atoms with Gasteiger partial charge in [-0.25, -0.2) is 14.2 Å². The minimum atomic E-state index is -0.651. The number of rotatable bonds is 2. The Kier molecular flexibility index (Phi) is 3.99. The van der Waals surface area contributed by atoms with E-state index >= 15 is 0 Å². The summed E-state index contributed by atoms with van der Waals surface area (Å²) in [6, 6.07) is 0.376. The van der Waals surface area contributed by atoms with Crippen LogP contribution in [-0.4, -0.2) is 41.5 Å². The van der Waals surface area contributed by atoms with Crippen molar-refractivity contribution in [3.8, 4) is 0 Å². The lowest BCUT2D eigenvalue weighted by atomic mass is 10.2. The van der Waals surface area contributed by atoms with Crippen molar-refractivity contribution >= 4 is 23.5 Å². The number of halogens is 2. The molecule has 102 valence electrons. The van der Waals surface area contributed by atoms with Gasteiger partial charge in [0.15, 0.2) is 0 Å². The molecule has 0 bridgehead atoms. The fourth-order valence-electron chi connectivity index (χ4n) is 2.12. The molecule has 2 heterocycles. The van der Waals surface area contributed by atoms with Crippen LogP contribution in [0.25, 0.3) is 0 Å². The van der Waals surface area contributed by atoms with E-state index in [1.165, 1.54) is 12.0 Å².